The molecule has 2 aliphatic rings. The fourth-order valence-electron chi connectivity index (χ4n) is 4.51. The summed E-state index contributed by atoms with van der Waals surface area (Å²) in [4.78, 5) is 23.2. The molecule has 2 fully saturated rings. The van der Waals surface area contributed by atoms with Crippen molar-refractivity contribution in [2.24, 2.45) is 17.8 Å². The smallest absolute Gasteiger partial charge is 0.222 e. The highest BCUT2D eigenvalue weighted by atomic mass is 32.1. The molecular weight excluding hydrogens is 352 g/mol. The summed E-state index contributed by atoms with van der Waals surface area (Å²) < 4.78 is 0.879. The SMILES string of the molecule is O=C(c1cccs1)c1nc(C2C3C(CO)CCC[C@@H]23)nc2ccsc12. The number of carbonyl (C=O) groups is 1. The summed E-state index contributed by atoms with van der Waals surface area (Å²) in [7, 11) is 0. The maximum atomic E-state index is 12.9. The Morgan fingerprint density at radius 2 is 2.12 bits per heavy atom. The van der Waals surface area contributed by atoms with Crippen molar-refractivity contribution in [1.29, 1.82) is 0 Å². The Bertz CT molecular complexity index is 934. The van der Waals surface area contributed by atoms with Gasteiger partial charge in [-0.15, -0.1) is 22.7 Å². The molecule has 3 heterocycles. The topological polar surface area (TPSA) is 63.1 Å². The van der Waals surface area contributed by atoms with Crippen LogP contribution in [0.15, 0.2) is 29.0 Å². The summed E-state index contributed by atoms with van der Waals surface area (Å²) in [5.74, 6) is 2.53. The molecule has 2 saturated carbocycles. The highest BCUT2D eigenvalue weighted by Crippen LogP contribution is 2.62. The van der Waals surface area contributed by atoms with E-state index in [1.807, 2.05) is 29.0 Å². The monoisotopic (exact) mass is 370 g/mol. The second kappa shape index (κ2) is 5.97. The lowest BCUT2D eigenvalue weighted by atomic mass is 9.90. The molecule has 2 aliphatic carbocycles. The van der Waals surface area contributed by atoms with E-state index in [1.165, 1.54) is 35.5 Å². The van der Waals surface area contributed by atoms with Gasteiger partial charge in [0, 0.05) is 12.5 Å². The largest absolute Gasteiger partial charge is 0.396 e. The van der Waals surface area contributed by atoms with Gasteiger partial charge in [0.25, 0.3) is 0 Å². The number of nitrogens with zero attached hydrogens (tertiary/aromatic N) is 2. The molecule has 128 valence electrons. The molecule has 1 N–H and O–H groups in total. The number of aliphatic hydroxyl groups is 1. The van der Waals surface area contributed by atoms with E-state index in [9.17, 15) is 9.90 Å². The second-order valence-corrected chi connectivity index (χ2v) is 8.88. The summed E-state index contributed by atoms with van der Waals surface area (Å²) in [6.45, 7) is 0.249. The van der Waals surface area contributed by atoms with Crippen molar-refractivity contribution < 1.29 is 9.90 Å². The Balaban J connectivity index is 1.58. The minimum absolute atomic E-state index is 0.00608. The molecule has 0 aliphatic heterocycles. The van der Waals surface area contributed by atoms with Crippen molar-refractivity contribution in [3.63, 3.8) is 0 Å². The van der Waals surface area contributed by atoms with Crippen molar-refractivity contribution in [2.75, 3.05) is 6.61 Å². The van der Waals surface area contributed by atoms with E-state index in [1.54, 1.807) is 0 Å². The van der Waals surface area contributed by atoms with Gasteiger partial charge in [-0.05, 0) is 53.5 Å². The van der Waals surface area contributed by atoms with Crippen LogP contribution >= 0.6 is 22.7 Å². The number of aromatic nitrogens is 2. The molecule has 0 aromatic carbocycles. The summed E-state index contributed by atoms with van der Waals surface area (Å²) in [5, 5.41) is 13.6. The van der Waals surface area contributed by atoms with Crippen LogP contribution in [0.4, 0.5) is 0 Å². The molecule has 0 saturated heterocycles. The zero-order chi connectivity index (χ0) is 17.0. The molecule has 6 heteroatoms. The van der Waals surface area contributed by atoms with E-state index >= 15 is 0 Å². The summed E-state index contributed by atoms with van der Waals surface area (Å²) in [5.41, 5.74) is 1.42. The first-order valence-corrected chi connectivity index (χ1v) is 10.5. The molecule has 5 rings (SSSR count). The highest BCUT2D eigenvalue weighted by molar-refractivity contribution is 7.17. The molecule has 3 unspecified atom stereocenters. The molecule has 3 aromatic rings. The van der Waals surface area contributed by atoms with Crippen molar-refractivity contribution in [1.82, 2.24) is 9.97 Å². The van der Waals surface area contributed by atoms with Gasteiger partial charge in [0.05, 0.1) is 15.1 Å². The van der Waals surface area contributed by atoms with E-state index in [0.29, 0.717) is 29.4 Å². The Kier molecular flexibility index (Phi) is 3.73. The number of carbonyl (C=O) groups excluding carboxylic acids is 1. The predicted molar refractivity (Wildman–Crippen MR) is 99.3 cm³/mol. The van der Waals surface area contributed by atoms with Gasteiger partial charge in [0.2, 0.25) is 5.78 Å². The van der Waals surface area contributed by atoms with Crippen LogP contribution in [-0.2, 0) is 0 Å². The normalized spacial score (nSPS) is 28.0. The maximum Gasteiger partial charge on any atom is 0.222 e. The first kappa shape index (κ1) is 15.6. The molecule has 0 bridgehead atoms. The van der Waals surface area contributed by atoms with Gasteiger partial charge >= 0.3 is 0 Å². The van der Waals surface area contributed by atoms with Crippen LogP contribution in [0.3, 0.4) is 0 Å². The summed E-state index contributed by atoms with van der Waals surface area (Å²) in [6, 6.07) is 5.73. The zero-order valence-corrected chi connectivity index (χ0v) is 15.2. The third kappa shape index (κ3) is 2.46. The highest BCUT2D eigenvalue weighted by Gasteiger charge is 2.57. The van der Waals surface area contributed by atoms with Gasteiger partial charge in [-0.3, -0.25) is 4.79 Å². The lowest BCUT2D eigenvalue weighted by Crippen LogP contribution is -2.14. The van der Waals surface area contributed by atoms with Gasteiger partial charge < -0.3 is 5.11 Å². The predicted octanol–water partition coefficient (Wildman–Crippen LogP) is 4.11. The maximum absolute atomic E-state index is 12.9. The molecule has 3 aromatic heterocycles. The third-order valence-electron chi connectivity index (χ3n) is 5.70. The molecule has 0 spiro atoms. The van der Waals surface area contributed by atoms with Crippen molar-refractivity contribution in [3.05, 3.63) is 45.4 Å². The first-order chi connectivity index (χ1) is 12.3. The fourth-order valence-corrected chi connectivity index (χ4v) is 5.99. The lowest BCUT2D eigenvalue weighted by Gasteiger charge is -2.17. The second-order valence-electron chi connectivity index (χ2n) is 7.01. The summed E-state index contributed by atoms with van der Waals surface area (Å²) in [6.07, 6.45) is 3.45. The van der Waals surface area contributed by atoms with Crippen LogP contribution in [0.5, 0.6) is 0 Å². The van der Waals surface area contributed by atoms with Crippen molar-refractivity contribution >= 4 is 38.7 Å². The average Bonchev–Trinajstić information content (AvgIpc) is 3.02. The Morgan fingerprint density at radius 1 is 1.20 bits per heavy atom. The van der Waals surface area contributed by atoms with Gasteiger partial charge in [0.15, 0.2) is 0 Å². The molecular formula is C19H18N2O2S2. The van der Waals surface area contributed by atoms with Gasteiger partial charge in [0.1, 0.15) is 11.5 Å². The Morgan fingerprint density at radius 3 is 2.92 bits per heavy atom. The van der Waals surface area contributed by atoms with Crippen LogP contribution in [0.1, 0.15) is 46.4 Å². The number of thiophene rings is 2. The minimum atomic E-state index is -0.00608. The first-order valence-electron chi connectivity index (χ1n) is 8.72. The third-order valence-corrected chi connectivity index (χ3v) is 7.48. The van der Waals surface area contributed by atoms with Gasteiger partial charge in [-0.1, -0.05) is 12.5 Å². The van der Waals surface area contributed by atoms with E-state index in [-0.39, 0.29) is 12.4 Å². The molecule has 4 nitrogen and oxygen atoms in total. The van der Waals surface area contributed by atoms with Crippen molar-refractivity contribution in [3.8, 4) is 0 Å². The van der Waals surface area contributed by atoms with Crippen LogP contribution in [0, 0.1) is 17.8 Å². The number of hydrogen-bond donors (Lipinski definition) is 1. The van der Waals surface area contributed by atoms with Gasteiger partial charge in [-0.2, -0.15) is 0 Å². The number of fused-ring (bicyclic) bond motifs is 2. The van der Waals surface area contributed by atoms with E-state index < -0.39 is 0 Å². The minimum Gasteiger partial charge on any atom is -0.396 e. The van der Waals surface area contributed by atoms with Gasteiger partial charge in [-0.25, -0.2) is 9.97 Å². The quantitative estimate of drug-likeness (QED) is 0.702. The zero-order valence-electron chi connectivity index (χ0n) is 13.6. The Labute approximate surface area is 153 Å². The van der Waals surface area contributed by atoms with Crippen LogP contribution < -0.4 is 0 Å². The number of hydrogen-bond acceptors (Lipinski definition) is 6. The fraction of sp³-hybridized carbons (Fsp3) is 0.421. The standard InChI is InChI=1S/C19H18N2O2S2/c22-9-10-3-1-4-11-14(10)15(11)19-20-12-6-8-25-18(12)16(21-19)17(23)13-5-2-7-24-13/h2,5-8,10-11,14-15,22H,1,3-4,9H2/t10?,11-,14?,15?/m1/s1. The van der Waals surface area contributed by atoms with Crippen LogP contribution in [-0.4, -0.2) is 27.5 Å². The van der Waals surface area contributed by atoms with E-state index in [0.717, 1.165) is 27.3 Å². The van der Waals surface area contributed by atoms with E-state index in [2.05, 4.69) is 0 Å². The molecule has 4 atom stereocenters. The molecule has 0 amide bonds. The average molecular weight is 370 g/mol. The lowest BCUT2D eigenvalue weighted by molar-refractivity contribution is 0.103. The number of rotatable bonds is 4. The van der Waals surface area contributed by atoms with Crippen molar-refractivity contribution in [2.45, 2.75) is 25.2 Å². The number of ketones is 1. The molecule has 25 heavy (non-hydrogen) atoms. The summed E-state index contributed by atoms with van der Waals surface area (Å²) >= 11 is 2.98. The van der Waals surface area contributed by atoms with Crippen LogP contribution in [0.2, 0.25) is 0 Å². The Hall–Kier alpha value is -1.63. The number of aliphatic hydroxyl groups excluding tert-OH is 1. The van der Waals surface area contributed by atoms with Crippen LogP contribution in [0.25, 0.3) is 10.2 Å². The molecule has 0 radical (unpaired) electrons. The van der Waals surface area contributed by atoms with E-state index in [4.69, 9.17) is 9.97 Å².